The SMILES string of the molecule is Nc1nc2c(ncn2[C@@H]2O[C@@H]3OCP(=O)(O)OC4[C@@H](COP(=O)(O)O[C@H]2C3O)O[C@@H](n2cnc3c(N)ncnc32)[C@H]4O)c(=O)[nH]1. The zero-order valence-corrected chi connectivity index (χ0v) is 24.2. The van der Waals surface area contributed by atoms with Gasteiger partial charge in [0.15, 0.2) is 47.7 Å². The van der Waals surface area contributed by atoms with Gasteiger partial charge in [0.05, 0.1) is 19.3 Å². The first-order chi connectivity index (χ1) is 21.3. The maximum atomic E-state index is 13.2. The van der Waals surface area contributed by atoms with E-state index in [2.05, 4.69) is 29.9 Å². The van der Waals surface area contributed by atoms with Gasteiger partial charge in [-0.3, -0.25) is 37.0 Å². The number of nitrogens with two attached hydrogens (primary N) is 2. The van der Waals surface area contributed by atoms with E-state index in [1.807, 2.05) is 0 Å². The predicted octanol–water partition coefficient (Wildman–Crippen LogP) is -2.34. The van der Waals surface area contributed by atoms with Gasteiger partial charge in [-0.1, -0.05) is 0 Å². The van der Waals surface area contributed by atoms with Crippen molar-refractivity contribution in [2.75, 3.05) is 24.4 Å². The second-order valence-electron chi connectivity index (χ2n) is 10.1. The normalized spacial score (nSPS) is 37.7. The van der Waals surface area contributed by atoms with Crippen LogP contribution in [0, 0.1) is 0 Å². The van der Waals surface area contributed by atoms with E-state index in [-0.39, 0.29) is 34.1 Å². The molecule has 0 saturated carbocycles. The van der Waals surface area contributed by atoms with Crippen LogP contribution in [0.5, 0.6) is 0 Å². The van der Waals surface area contributed by atoms with Crippen molar-refractivity contribution in [2.45, 2.75) is 49.3 Å². The molecule has 0 amide bonds. The molecule has 23 nitrogen and oxygen atoms in total. The number of fused-ring (bicyclic) bond motifs is 5. The van der Waals surface area contributed by atoms with Crippen molar-refractivity contribution < 1.29 is 56.9 Å². The quantitative estimate of drug-likeness (QED) is 0.109. The van der Waals surface area contributed by atoms with Crippen molar-refractivity contribution in [1.29, 1.82) is 0 Å². The number of phosphoric acid groups is 1. The monoisotopic (exact) mass is 674 g/mol. The smallest absolute Gasteiger partial charge is 0.386 e. The number of hydrogen-bond acceptors (Lipinski definition) is 18. The van der Waals surface area contributed by atoms with E-state index in [1.165, 1.54) is 10.9 Å². The molecule has 0 spiro atoms. The Hall–Kier alpha value is -3.44. The summed E-state index contributed by atoms with van der Waals surface area (Å²) in [6, 6.07) is 0. The number of nitrogens with one attached hydrogen (secondary N) is 1. The number of phosphoric ester groups is 1. The molecule has 10 atom stereocenters. The van der Waals surface area contributed by atoms with Gasteiger partial charge in [0.25, 0.3) is 5.56 Å². The van der Waals surface area contributed by atoms with Gasteiger partial charge in [0.1, 0.15) is 42.4 Å². The molecule has 7 heterocycles. The summed E-state index contributed by atoms with van der Waals surface area (Å²) in [4.78, 5) is 55.9. The Balaban J connectivity index is 1.21. The van der Waals surface area contributed by atoms with Crippen LogP contribution in [-0.2, 0) is 36.9 Å². The summed E-state index contributed by atoms with van der Waals surface area (Å²) < 4.78 is 61.4. The van der Waals surface area contributed by atoms with Gasteiger partial charge in [0.2, 0.25) is 5.95 Å². The number of anilines is 2. The van der Waals surface area contributed by atoms with Gasteiger partial charge in [0, 0.05) is 0 Å². The second kappa shape index (κ2) is 10.8. The van der Waals surface area contributed by atoms with E-state index in [1.54, 1.807) is 0 Å². The highest BCUT2D eigenvalue weighted by molar-refractivity contribution is 7.52. The topological polar surface area (TPSA) is 330 Å². The molecule has 3 saturated heterocycles. The molecule has 3 aliphatic heterocycles. The zero-order chi connectivity index (χ0) is 31.8. The zero-order valence-electron chi connectivity index (χ0n) is 22.4. The third-order valence-corrected chi connectivity index (χ3v) is 9.24. The summed E-state index contributed by atoms with van der Waals surface area (Å²) >= 11 is 0. The molecule has 0 aliphatic carbocycles. The van der Waals surface area contributed by atoms with Crippen LogP contribution in [0.1, 0.15) is 12.5 Å². The van der Waals surface area contributed by atoms with Crippen molar-refractivity contribution in [3.05, 3.63) is 29.3 Å². The Bertz CT molecular complexity index is 1940. The fourth-order valence-corrected chi connectivity index (χ4v) is 7.20. The number of H-pyrrole nitrogens is 1. The molecule has 45 heavy (non-hydrogen) atoms. The van der Waals surface area contributed by atoms with E-state index in [4.69, 9.17) is 39.2 Å². The van der Waals surface area contributed by atoms with E-state index in [9.17, 15) is 33.9 Å². The van der Waals surface area contributed by atoms with Gasteiger partial charge in [-0.05, 0) is 0 Å². The lowest BCUT2D eigenvalue weighted by atomic mass is 10.1. The fourth-order valence-electron chi connectivity index (χ4n) is 5.23. The number of aliphatic hydroxyl groups is 2. The number of nitrogens with zero attached hydrogens (tertiary/aromatic N) is 7. The first kappa shape index (κ1) is 30.2. The Labute approximate surface area is 248 Å². The highest BCUT2D eigenvalue weighted by atomic mass is 31.2. The molecule has 9 N–H and O–H groups in total. The average molecular weight is 674 g/mol. The first-order valence-corrected chi connectivity index (χ1v) is 16.2. The Morgan fingerprint density at radius 3 is 2.42 bits per heavy atom. The lowest BCUT2D eigenvalue weighted by Crippen LogP contribution is -2.36. The number of aliphatic hydroxyl groups excluding tert-OH is 2. The third-order valence-electron chi connectivity index (χ3n) is 7.21. The lowest BCUT2D eigenvalue weighted by Gasteiger charge is -2.25. The summed E-state index contributed by atoms with van der Waals surface area (Å²) in [5.74, 6) is -0.253. The minimum atomic E-state index is -5.13. The summed E-state index contributed by atoms with van der Waals surface area (Å²) in [5.41, 5.74) is 10.8. The number of aromatic amines is 1. The number of imidazole rings is 2. The standard InChI is InChI=1S/C20H24N10O13P2/c21-13-7-14(24-2-23-13)29(3-25-7)17-9(31)11-6(40-17)1-39-45(36,37)43-12-10(32)19(38-5-44(34,35)42-11)41-18(12)30-4-26-8-15(30)27-20(22)28-16(8)33/h2-4,6,9-12,17-19,31-32H,1,5H2,(H,34,35)(H,36,37)(H2,21,23,24)(H3,22,27,28,33)/t6-,9+,10?,11?,12+,17-,18-,19+/m1/s1. The number of nitrogen functional groups attached to an aromatic ring is 2. The van der Waals surface area contributed by atoms with Gasteiger partial charge >= 0.3 is 15.4 Å². The molecule has 3 aliphatic rings. The lowest BCUT2D eigenvalue weighted by molar-refractivity contribution is -0.168. The van der Waals surface area contributed by atoms with E-state index >= 15 is 0 Å². The van der Waals surface area contributed by atoms with Crippen LogP contribution in [0.4, 0.5) is 11.8 Å². The van der Waals surface area contributed by atoms with Gasteiger partial charge in [-0.15, -0.1) is 0 Å². The second-order valence-corrected chi connectivity index (χ2v) is 13.3. The first-order valence-electron chi connectivity index (χ1n) is 12.9. The van der Waals surface area contributed by atoms with Crippen LogP contribution < -0.4 is 17.0 Å². The number of aromatic nitrogens is 8. The minimum absolute atomic E-state index is 0.0378. The molecule has 0 aromatic carbocycles. The number of rotatable bonds is 2. The van der Waals surface area contributed by atoms with Crippen molar-refractivity contribution in [3.8, 4) is 0 Å². The molecular weight excluding hydrogens is 650 g/mol. The molecule has 2 bridgehead atoms. The molecular formula is C20H24N10O13P2. The van der Waals surface area contributed by atoms with Gasteiger partial charge in [-0.2, -0.15) is 4.98 Å². The van der Waals surface area contributed by atoms with Gasteiger partial charge in [-0.25, -0.2) is 24.5 Å². The average Bonchev–Trinajstić information content (AvgIpc) is 3.72. The highest BCUT2D eigenvalue weighted by Crippen LogP contribution is 2.53. The predicted molar refractivity (Wildman–Crippen MR) is 143 cm³/mol. The summed E-state index contributed by atoms with van der Waals surface area (Å²) in [6.45, 7) is -0.824. The van der Waals surface area contributed by atoms with Crippen LogP contribution in [-0.4, -0.2) is 109 Å². The van der Waals surface area contributed by atoms with E-state index < -0.39 is 83.2 Å². The molecule has 25 heteroatoms. The van der Waals surface area contributed by atoms with Crippen LogP contribution >= 0.6 is 15.4 Å². The van der Waals surface area contributed by atoms with Crippen molar-refractivity contribution in [2.24, 2.45) is 0 Å². The van der Waals surface area contributed by atoms with Crippen LogP contribution in [0.2, 0.25) is 0 Å². The maximum absolute atomic E-state index is 13.2. The Morgan fingerprint density at radius 1 is 0.911 bits per heavy atom. The van der Waals surface area contributed by atoms with Crippen molar-refractivity contribution >= 4 is 49.5 Å². The van der Waals surface area contributed by atoms with Crippen LogP contribution in [0.15, 0.2) is 23.8 Å². The van der Waals surface area contributed by atoms with Crippen LogP contribution in [0.3, 0.4) is 0 Å². The van der Waals surface area contributed by atoms with E-state index in [0.29, 0.717) is 0 Å². The molecule has 242 valence electrons. The minimum Gasteiger partial charge on any atom is -0.386 e. The molecule has 4 aromatic heterocycles. The summed E-state index contributed by atoms with van der Waals surface area (Å²) in [5, 5.41) is 22.1. The van der Waals surface area contributed by atoms with Crippen molar-refractivity contribution in [3.63, 3.8) is 0 Å². The van der Waals surface area contributed by atoms with E-state index in [0.717, 1.165) is 17.2 Å². The third kappa shape index (κ3) is 5.31. The van der Waals surface area contributed by atoms with Crippen LogP contribution in [0.25, 0.3) is 22.3 Å². The number of hydrogen-bond donors (Lipinski definition) is 7. The van der Waals surface area contributed by atoms with Gasteiger partial charge < -0.3 is 45.7 Å². The Kier molecular flexibility index (Phi) is 7.27. The molecule has 0 radical (unpaired) electrons. The summed E-state index contributed by atoms with van der Waals surface area (Å²) in [7, 11) is -9.92. The molecule has 3 fully saturated rings. The maximum Gasteiger partial charge on any atom is 0.472 e. The molecule has 4 unspecified atom stereocenters. The number of ether oxygens (including phenoxy) is 3. The fraction of sp³-hybridized carbons (Fsp3) is 0.500. The Morgan fingerprint density at radius 2 is 1.64 bits per heavy atom. The molecule has 4 aromatic rings. The molecule has 7 rings (SSSR count). The van der Waals surface area contributed by atoms with Crippen molar-refractivity contribution in [1.82, 2.24) is 39.0 Å². The highest BCUT2D eigenvalue weighted by Gasteiger charge is 2.54. The largest absolute Gasteiger partial charge is 0.472 e. The summed E-state index contributed by atoms with van der Waals surface area (Å²) in [6.07, 6.45) is -10.7.